The zero-order valence-corrected chi connectivity index (χ0v) is 17.4. The molecule has 1 aliphatic heterocycles. The van der Waals surface area contributed by atoms with Crippen molar-refractivity contribution in [1.82, 2.24) is 10.2 Å². The zero-order chi connectivity index (χ0) is 23.6. The number of carbonyl (C=O) groups excluding carboxylic acids is 2. The molecule has 1 aliphatic rings. The number of rotatable bonds is 3. The van der Waals surface area contributed by atoms with Crippen LogP contribution < -0.4 is 16.8 Å². The van der Waals surface area contributed by atoms with Crippen LogP contribution in [0.1, 0.15) is 56.2 Å². The van der Waals surface area contributed by atoms with Crippen molar-refractivity contribution in [2.45, 2.75) is 31.9 Å². The van der Waals surface area contributed by atoms with Gasteiger partial charge in [-0.25, -0.2) is 0 Å². The van der Waals surface area contributed by atoms with Gasteiger partial charge in [0.2, 0.25) is 0 Å². The first kappa shape index (κ1) is 23.1. The molecule has 0 bridgehead atoms. The van der Waals surface area contributed by atoms with E-state index in [1.54, 1.807) is 36.1 Å². The molecule has 1 saturated heterocycles. The van der Waals surface area contributed by atoms with Crippen molar-refractivity contribution in [3.05, 3.63) is 64.2 Å². The van der Waals surface area contributed by atoms with E-state index in [4.69, 9.17) is 16.9 Å². The monoisotopic (exact) mass is 447 g/mol. The van der Waals surface area contributed by atoms with Crippen LogP contribution in [-0.2, 0) is 6.18 Å². The Labute approximate surface area is 183 Å². The number of guanidine groups is 1. The van der Waals surface area contributed by atoms with Crippen molar-refractivity contribution in [2.24, 2.45) is 5.73 Å². The highest BCUT2D eigenvalue weighted by molar-refractivity contribution is 6.05. The van der Waals surface area contributed by atoms with Gasteiger partial charge in [-0.2, -0.15) is 13.2 Å². The number of anilines is 1. The Kier molecular flexibility index (Phi) is 6.42. The van der Waals surface area contributed by atoms with Gasteiger partial charge in [0, 0.05) is 29.9 Å². The van der Waals surface area contributed by atoms with Crippen molar-refractivity contribution < 1.29 is 22.8 Å². The lowest BCUT2D eigenvalue weighted by molar-refractivity contribution is -0.138. The fraction of sp³-hybridized carbons (Fsp3) is 0.318. The second-order valence-corrected chi connectivity index (χ2v) is 7.81. The molecule has 0 spiro atoms. The summed E-state index contributed by atoms with van der Waals surface area (Å²) < 4.78 is 41.5. The number of nitrogens with one attached hydrogen (secondary N) is 2. The van der Waals surface area contributed by atoms with Gasteiger partial charge in [0.15, 0.2) is 5.96 Å². The molecule has 0 unspecified atom stereocenters. The fourth-order valence-electron chi connectivity index (χ4n) is 3.95. The average molecular weight is 447 g/mol. The molecule has 1 heterocycles. The Morgan fingerprint density at radius 3 is 2.25 bits per heavy atom. The number of aryl methyl sites for hydroxylation is 1. The van der Waals surface area contributed by atoms with E-state index in [-0.39, 0.29) is 17.0 Å². The van der Waals surface area contributed by atoms with Gasteiger partial charge < -0.3 is 16.4 Å². The maximum absolute atomic E-state index is 13.8. The van der Waals surface area contributed by atoms with Gasteiger partial charge in [-0.3, -0.25) is 20.3 Å². The third kappa shape index (κ3) is 5.01. The van der Waals surface area contributed by atoms with Crippen LogP contribution in [0.3, 0.4) is 0 Å². The van der Waals surface area contributed by atoms with Crippen LogP contribution in [0.15, 0.2) is 36.4 Å². The molecule has 1 fully saturated rings. The second kappa shape index (κ2) is 8.89. The lowest BCUT2D eigenvalue weighted by Crippen LogP contribution is -2.38. The van der Waals surface area contributed by atoms with Crippen molar-refractivity contribution in [3.63, 3.8) is 0 Å². The van der Waals surface area contributed by atoms with Gasteiger partial charge in [-0.1, -0.05) is 6.07 Å². The van der Waals surface area contributed by atoms with Crippen LogP contribution in [0, 0.1) is 12.3 Å². The summed E-state index contributed by atoms with van der Waals surface area (Å²) in [4.78, 5) is 26.5. The SMILES string of the molecule is Cc1cc(C2CCN(C(=O)c3ccc(N)cc3)CC2)c(C(F)(F)F)cc1C(=O)NC(=N)N. The summed E-state index contributed by atoms with van der Waals surface area (Å²) in [6, 6.07) is 8.69. The number of alkyl halides is 3. The highest BCUT2D eigenvalue weighted by atomic mass is 19.4. The minimum atomic E-state index is -4.66. The first-order chi connectivity index (χ1) is 15.0. The van der Waals surface area contributed by atoms with Gasteiger partial charge in [0.25, 0.3) is 11.8 Å². The Hall–Kier alpha value is -3.56. The maximum Gasteiger partial charge on any atom is 0.416 e. The zero-order valence-electron chi connectivity index (χ0n) is 17.4. The number of nitrogen functional groups attached to an aromatic ring is 1. The van der Waals surface area contributed by atoms with Crippen LogP contribution in [-0.4, -0.2) is 35.8 Å². The largest absolute Gasteiger partial charge is 0.416 e. The molecule has 32 heavy (non-hydrogen) atoms. The molecule has 10 heteroatoms. The third-order valence-corrected chi connectivity index (χ3v) is 5.57. The van der Waals surface area contributed by atoms with Crippen LogP contribution >= 0.6 is 0 Å². The molecular formula is C22H24F3N5O2. The minimum Gasteiger partial charge on any atom is -0.399 e. The van der Waals surface area contributed by atoms with Gasteiger partial charge in [0.1, 0.15) is 0 Å². The summed E-state index contributed by atoms with van der Waals surface area (Å²) in [6.07, 6.45) is -3.93. The van der Waals surface area contributed by atoms with Crippen molar-refractivity contribution in [1.29, 1.82) is 5.41 Å². The van der Waals surface area contributed by atoms with Crippen molar-refractivity contribution in [2.75, 3.05) is 18.8 Å². The summed E-state index contributed by atoms with van der Waals surface area (Å²) in [5, 5.41) is 9.15. The lowest BCUT2D eigenvalue weighted by Gasteiger charge is -2.33. The normalized spacial score (nSPS) is 14.8. The number of likely N-dealkylation sites (tertiary alicyclic amines) is 1. The molecule has 0 atom stereocenters. The van der Waals surface area contributed by atoms with Gasteiger partial charge >= 0.3 is 6.18 Å². The molecule has 0 aliphatic carbocycles. The van der Waals surface area contributed by atoms with Crippen LogP contribution in [0.5, 0.6) is 0 Å². The van der Waals surface area contributed by atoms with E-state index in [2.05, 4.69) is 0 Å². The van der Waals surface area contributed by atoms with E-state index >= 15 is 0 Å². The number of amides is 2. The number of halogens is 3. The summed E-state index contributed by atoms with van der Waals surface area (Å²) in [7, 11) is 0. The summed E-state index contributed by atoms with van der Waals surface area (Å²) in [5.74, 6) is -2.11. The Bertz CT molecular complexity index is 1040. The number of hydrogen-bond donors (Lipinski definition) is 4. The summed E-state index contributed by atoms with van der Waals surface area (Å²) in [6.45, 7) is 2.17. The summed E-state index contributed by atoms with van der Waals surface area (Å²) in [5.41, 5.74) is 11.2. The molecule has 0 aromatic heterocycles. The highest BCUT2D eigenvalue weighted by Gasteiger charge is 2.37. The molecule has 7 nitrogen and oxygen atoms in total. The van der Waals surface area contributed by atoms with Gasteiger partial charge in [-0.05, 0) is 67.1 Å². The molecule has 2 aromatic carbocycles. The first-order valence-electron chi connectivity index (χ1n) is 9.99. The highest BCUT2D eigenvalue weighted by Crippen LogP contribution is 2.40. The van der Waals surface area contributed by atoms with E-state index in [1.807, 2.05) is 5.32 Å². The molecule has 2 aromatic rings. The molecule has 0 saturated carbocycles. The average Bonchev–Trinajstić information content (AvgIpc) is 2.72. The maximum atomic E-state index is 13.8. The predicted octanol–water partition coefficient (Wildman–Crippen LogP) is 3.24. The van der Waals surface area contributed by atoms with Gasteiger partial charge in [0.05, 0.1) is 5.56 Å². The molecule has 0 radical (unpaired) electrons. The molecule has 170 valence electrons. The number of benzene rings is 2. The van der Waals surface area contributed by atoms with Gasteiger partial charge in [-0.15, -0.1) is 0 Å². The van der Waals surface area contributed by atoms with E-state index < -0.39 is 29.5 Å². The summed E-state index contributed by atoms with van der Waals surface area (Å²) >= 11 is 0. The number of nitrogens with two attached hydrogens (primary N) is 2. The Morgan fingerprint density at radius 1 is 1.12 bits per heavy atom. The lowest BCUT2D eigenvalue weighted by atomic mass is 9.84. The quantitative estimate of drug-likeness (QED) is 0.327. The topological polar surface area (TPSA) is 125 Å². The standard InChI is InChI=1S/C22H24F3N5O2/c1-12-10-17(18(22(23,24)25)11-16(12)19(31)29-21(27)28)13-6-8-30(9-7-13)20(32)14-2-4-15(26)5-3-14/h2-5,10-11,13H,6-9,26H2,1H3,(H4,27,28,29,31). The Morgan fingerprint density at radius 2 is 1.72 bits per heavy atom. The number of hydrogen-bond acceptors (Lipinski definition) is 4. The van der Waals surface area contributed by atoms with E-state index in [1.165, 1.54) is 6.07 Å². The molecule has 6 N–H and O–H groups in total. The second-order valence-electron chi connectivity index (χ2n) is 7.81. The minimum absolute atomic E-state index is 0.106. The number of nitrogens with zero attached hydrogens (tertiary/aromatic N) is 1. The predicted molar refractivity (Wildman–Crippen MR) is 114 cm³/mol. The molecular weight excluding hydrogens is 423 g/mol. The van der Waals surface area contributed by atoms with Crippen molar-refractivity contribution >= 4 is 23.5 Å². The number of piperidine rings is 1. The molecule has 2 amide bonds. The van der Waals surface area contributed by atoms with Crippen LogP contribution in [0.2, 0.25) is 0 Å². The first-order valence-corrected chi connectivity index (χ1v) is 9.99. The fourth-order valence-corrected chi connectivity index (χ4v) is 3.95. The Balaban J connectivity index is 1.83. The molecule has 3 rings (SSSR count). The van der Waals surface area contributed by atoms with Crippen LogP contribution in [0.25, 0.3) is 0 Å². The van der Waals surface area contributed by atoms with E-state index in [0.717, 1.165) is 6.07 Å². The third-order valence-electron chi connectivity index (χ3n) is 5.57. The smallest absolute Gasteiger partial charge is 0.399 e. The van der Waals surface area contributed by atoms with Crippen molar-refractivity contribution in [3.8, 4) is 0 Å². The van der Waals surface area contributed by atoms with Crippen LogP contribution in [0.4, 0.5) is 18.9 Å². The van der Waals surface area contributed by atoms with E-state index in [9.17, 15) is 22.8 Å². The van der Waals surface area contributed by atoms with E-state index in [0.29, 0.717) is 42.7 Å². The number of carbonyl (C=O) groups is 2.